The van der Waals surface area contributed by atoms with E-state index in [-0.39, 0.29) is 10.9 Å². The second-order valence-corrected chi connectivity index (χ2v) is 6.64. The van der Waals surface area contributed by atoms with Crippen LogP contribution in [0.2, 0.25) is 0 Å². The minimum Gasteiger partial charge on any atom is -0.363 e. The van der Waals surface area contributed by atoms with Crippen LogP contribution in [-0.2, 0) is 10.0 Å². The zero-order valence-corrected chi connectivity index (χ0v) is 13.2. The van der Waals surface area contributed by atoms with Crippen LogP contribution in [0.25, 0.3) is 11.0 Å². The monoisotopic (exact) mass is 332 g/mol. The van der Waals surface area contributed by atoms with Gasteiger partial charge in [-0.15, -0.1) is 0 Å². The molecule has 2 heterocycles. The van der Waals surface area contributed by atoms with Crippen molar-refractivity contribution in [2.45, 2.75) is 24.3 Å². The predicted octanol–water partition coefficient (Wildman–Crippen LogP) is 1.56. The zero-order chi connectivity index (χ0) is 16.4. The molecule has 0 saturated carbocycles. The van der Waals surface area contributed by atoms with E-state index in [0.717, 1.165) is 17.4 Å². The van der Waals surface area contributed by atoms with Crippen molar-refractivity contribution in [3.05, 3.63) is 42.4 Å². The van der Waals surface area contributed by atoms with Crippen LogP contribution in [0.3, 0.4) is 0 Å². The van der Waals surface area contributed by atoms with Crippen LogP contribution in [0.15, 0.2) is 41.7 Å². The van der Waals surface area contributed by atoms with Crippen molar-refractivity contribution in [1.29, 1.82) is 0 Å². The zero-order valence-electron chi connectivity index (χ0n) is 12.4. The number of anilines is 1. The highest BCUT2D eigenvalue weighted by atomic mass is 32.2. The lowest BCUT2D eigenvalue weighted by molar-refractivity contribution is 0.597. The summed E-state index contributed by atoms with van der Waals surface area (Å²) >= 11 is 0. The molecule has 0 aliphatic carbocycles. The molecule has 0 amide bonds. The Morgan fingerprint density at radius 3 is 2.91 bits per heavy atom. The summed E-state index contributed by atoms with van der Waals surface area (Å²) in [5.41, 5.74) is 1.45. The summed E-state index contributed by atoms with van der Waals surface area (Å²) in [6.45, 7) is 2.00. The summed E-state index contributed by atoms with van der Waals surface area (Å²) < 4.78 is 23.0. The van der Waals surface area contributed by atoms with Gasteiger partial charge in [-0.1, -0.05) is 19.1 Å². The smallest absolute Gasteiger partial charge is 0.238 e. The fraction of sp³-hybridized carbons (Fsp3) is 0.214. The molecule has 4 N–H and O–H groups in total. The van der Waals surface area contributed by atoms with Gasteiger partial charge in [0.15, 0.2) is 5.65 Å². The highest BCUT2D eigenvalue weighted by Gasteiger charge is 2.15. The molecule has 0 aliphatic rings. The summed E-state index contributed by atoms with van der Waals surface area (Å²) in [4.78, 5) is 8.42. The second-order valence-electron chi connectivity index (χ2n) is 5.08. The predicted molar refractivity (Wildman–Crippen MR) is 86.2 cm³/mol. The van der Waals surface area contributed by atoms with E-state index in [1.54, 1.807) is 18.3 Å². The highest BCUT2D eigenvalue weighted by Crippen LogP contribution is 2.26. The maximum atomic E-state index is 11.5. The first-order valence-electron chi connectivity index (χ1n) is 7.02. The summed E-state index contributed by atoms with van der Waals surface area (Å²) in [6.07, 6.45) is 3.82. The maximum Gasteiger partial charge on any atom is 0.238 e. The number of nitrogens with one attached hydrogen (secondary N) is 2. The van der Waals surface area contributed by atoms with Gasteiger partial charge in [-0.25, -0.2) is 23.5 Å². The van der Waals surface area contributed by atoms with Crippen LogP contribution in [0.4, 0.5) is 5.82 Å². The standard InChI is InChI=1S/C14H16N6O2S/c1-2-12(9-4-3-5-10(6-9)23(15,21)22)19-13-11-7-18-20-14(11)17-8-16-13/h3-8,12H,2H2,1H3,(H2,15,21,22)(H2,16,17,18,19,20). The third-order valence-electron chi connectivity index (χ3n) is 3.56. The van der Waals surface area contributed by atoms with Crippen molar-refractivity contribution >= 4 is 26.9 Å². The van der Waals surface area contributed by atoms with Crippen molar-refractivity contribution in [2.75, 3.05) is 5.32 Å². The molecule has 1 atom stereocenters. The number of fused-ring (bicyclic) bond motifs is 1. The third-order valence-corrected chi connectivity index (χ3v) is 4.47. The Morgan fingerprint density at radius 2 is 2.17 bits per heavy atom. The SMILES string of the molecule is CCC(Nc1ncnc2[nH]ncc12)c1cccc(S(N)(=O)=O)c1. The lowest BCUT2D eigenvalue weighted by atomic mass is 10.0. The molecule has 0 bridgehead atoms. The Labute approximate surface area is 133 Å². The van der Waals surface area contributed by atoms with E-state index < -0.39 is 10.0 Å². The molecule has 3 rings (SSSR count). The number of nitrogens with two attached hydrogens (primary N) is 1. The van der Waals surface area contributed by atoms with E-state index in [0.29, 0.717) is 11.5 Å². The van der Waals surface area contributed by atoms with E-state index >= 15 is 0 Å². The molecule has 3 aromatic rings. The lowest BCUT2D eigenvalue weighted by Crippen LogP contribution is -2.15. The number of primary sulfonamides is 1. The number of aromatic amines is 1. The fourth-order valence-corrected chi connectivity index (χ4v) is 2.94. The maximum absolute atomic E-state index is 11.5. The second kappa shape index (κ2) is 5.94. The number of hydrogen-bond acceptors (Lipinski definition) is 6. The van der Waals surface area contributed by atoms with E-state index in [1.807, 2.05) is 13.0 Å². The number of benzene rings is 1. The van der Waals surface area contributed by atoms with Gasteiger partial charge in [0.25, 0.3) is 0 Å². The van der Waals surface area contributed by atoms with Gasteiger partial charge in [-0.05, 0) is 24.1 Å². The molecular formula is C14H16N6O2S. The van der Waals surface area contributed by atoms with Gasteiger partial charge < -0.3 is 5.32 Å². The molecule has 9 heteroatoms. The van der Waals surface area contributed by atoms with Gasteiger partial charge in [-0.2, -0.15) is 5.10 Å². The van der Waals surface area contributed by atoms with Gasteiger partial charge in [0.05, 0.1) is 22.5 Å². The van der Waals surface area contributed by atoms with Crippen molar-refractivity contribution < 1.29 is 8.42 Å². The number of rotatable bonds is 5. The Balaban J connectivity index is 1.96. The van der Waals surface area contributed by atoms with Crippen LogP contribution >= 0.6 is 0 Å². The molecule has 1 aromatic carbocycles. The molecule has 2 aromatic heterocycles. The van der Waals surface area contributed by atoms with Crippen LogP contribution in [0.5, 0.6) is 0 Å². The molecular weight excluding hydrogens is 316 g/mol. The minimum absolute atomic E-state index is 0.0893. The summed E-state index contributed by atoms with van der Waals surface area (Å²) in [6, 6.07) is 6.45. The Morgan fingerprint density at radius 1 is 1.35 bits per heavy atom. The average Bonchev–Trinajstić information content (AvgIpc) is 3.01. The first-order valence-corrected chi connectivity index (χ1v) is 8.57. The van der Waals surface area contributed by atoms with Crippen LogP contribution < -0.4 is 10.5 Å². The molecule has 0 spiro atoms. The summed E-state index contributed by atoms with van der Waals surface area (Å²) in [5, 5.41) is 16.0. The first kappa shape index (κ1) is 15.4. The van der Waals surface area contributed by atoms with Gasteiger partial charge in [-0.3, -0.25) is 5.10 Å². The number of aromatic nitrogens is 4. The molecule has 0 radical (unpaired) electrons. The molecule has 120 valence electrons. The van der Waals surface area contributed by atoms with Gasteiger partial charge >= 0.3 is 0 Å². The number of sulfonamides is 1. The van der Waals surface area contributed by atoms with Crippen LogP contribution in [-0.4, -0.2) is 28.6 Å². The normalized spacial score (nSPS) is 13.1. The lowest BCUT2D eigenvalue weighted by Gasteiger charge is -2.19. The summed E-state index contributed by atoms with van der Waals surface area (Å²) in [7, 11) is -3.73. The molecule has 0 fully saturated rings. The number of H-pyrrole nitrogens is 1. The van der Waals surface area contributed by atoms with Crippen molar-refractivity contribution in [1.82, 2.24) is 20.2 Å². The first-order chi connectivity index (χ1) is 11.0. The van der Waals surface area contributed by atoms with Crippen LogP contribution in [0, 0.1) is 0 Å². The summed E-state index contributed by atoms with van der Waals surface area (Å²) in [5.74, 6) is 0.636. The fourth-order valence-electron chi connectivity index (χ4n) is 2.37. The van der Waals surface area contributed by atoms with E-state index in [2.05, 4.69) is 25.5 Å². The molecule has 8 nitrogen and oxygen atoms in total. The minimum atomic E-state index is -3.73. The number of hydrogen-bond donors (Lipinski definition) is 3. The molecule has 0 saturated heterocycles. The molecule has 1 unspecified atom stereocenters. The quantitative estimate of drug-likeness (QED) is 0.651. The average molecular weight is 332 g/mol. The Hall–Kier alpha value is -2.52. The van der Waals surface area contributed by atoms with Gasteiger partial charge in [0, 0.05) is 0 Å². The van der Waals surface area contributed by atoms with E-state index in [4.69, 9.17) is 5.14 Å². The Bertz CT molecular complexity index is 937. The largest absolute Gasteiger partial charge is 0.363 e. The van der Waals surface area contributed by atoms with Gasteiger partial charge in [0.1, 0.15) is 12.1 Å². The topological polar surface area (TPSA) is 127 Å². The van der Waals surface area contributed by atoms with E-state index in [9.17, 15) is 8.42 Å². The van der Waals surface area contributed by atoms with Crippen molar-refractivity contribution in [2.24, 2.45) is 5.14 Å². The van der Waals surface area contributed by atoms with Crippen molar-refractivity contribution in [3.8, 4) is 0 Å². The third kappa shape index (κ3) is 3.15. The van der Waals surface area contributed by atoms with E-state index in [1.165, 1.54) is 12.4 Å². The molecule has 0 aliphatic heterocycles. The number of nitrogens with zero attached hydrogens (tertiary/aromatic N) is 3. The Kier molecular flexibility index (Phi) is 3.97. The highest BCUT2D eigenvalue weighted by molar-refractivity contribution is 7.89. The van der Waals surface area contributed by atoms with Crippen LogP contribution in [0.1, 0.15) is 24.9 Å². The van der Waals surface area contributed by atoms with Gasteiger partial charge in [0.2, 0.25) is 10.0 Å². The molecule has 23 heavy (non-hydrogen) atoms. The van der Waals surface area contributed by atoms with Crippen molar-refractivity contribution in [3.63, 3.8) is 0 Å².